The van der Waals surface area contributed by atoms with Crippen molar-refractivity contribution in [3.63, 3.8) is 0 Å². The second-order valence-electron chi connectivity index (χ2n) is 8.04. The molecule has 3 aromatic carbocycles. The smallest absolute Gasteiger partial charge is 0.416 e. The molecule has 0 unspecified atom stereocenters. The number of nitrogens with one attached hydrogen (secondary N) is 1. The summed E-state index contributed by atoms with van der Waals surface area (Å²) in [4.78, 5) is 38.5. The number of carbonyl (C=O) groups excluding carboxylic acids is 3. The van der Waals surface area contributed by atoms with E-state index in [2.05, 4.69) is 5.32 Å². The van der Waals surface area contributed by atoms with Crippen LogP contribution in [0.1, 0.15) is 27.0 Å². The normalized spacial score (nSPS) is 13.9. The summed E-state index contributed by atoms with van der Waals surface area (Å²) in [5.74, 6) is -2.03. The topological polar surface area (TPSA) is 75.7 Å². The predicted molar refractivity (Wildman–Crippen MR) is 128 cm³/mol. The third kappa shape index (κ3) is 4.96. The fourth-order valence-corrected chi connectivity index (χ4v) is 3.69. The van der Waals surface area contributed by atoms with E-state index in [1.54, 1.807) is 6.07 Å². The highest BCUT2D eigenvalue weighted by molar-refractivity contribution is 6.53. The number of ether oxygens (including phenoxy) is 1. The number of alkyl halides is 3. The van der Waals surface area contributed by atoms with Crippen LogP contribution in [0, 0.1) is 13.8 Å². The average molecular weight is 515 g/mol. The van der Waals surface area contributed by atoms with Gasteiger partial charge < -0.3 is 10.1 Å². The molecule has 0 saturated carbocycles. The first-order valence-corrected chi connectivity index (χ1v) is 11.0. The molecule has 6 nitrogen and oxygen atoms in total. The van der Waals surface area contributed by atoms with E-state index in [9.17, 15) is 27.6 Å². The van der Waals surface area contributed by atoms with Gasteiger partial charge in [0.25, 0.3) is 11.8 Å². The number of aryl methyl sites for hydroxylation is 2. The van der Waals surface area contributed by atoms with E-state index in [0.29, 0.717) is 22.4 Å². The predicted octanol–water partition coefficient (Wildman–Crippen LogP) is 5.98. The van der Waals surface area contributed by atoms with Gasteiger partial charge in [-0.3, -0.25) is 9.59 Å². The number of esters is 1. The van der Waals surface area contributed by atoms with Crippen molar-refractivity contribution in [2.24, 2.45) is 0 Å². The first-order valence-electron chi connectivity index (χ1n) is 10.6. The van der Waals surface area contributed by atoms with Crippen LogP contribution in [0.3, 0.4) is 0 Å². The van der Waals surface area contributed by atoms with Gasteiger partial charge in [-0.1, -0.05) is 29.8 Å². The Morgan fingerprint density at radius 1 is 0.944 bits per heavy atom. The summed E-state index contributed by atoms with van der Waals surface area (Å²) in [5, 5.41) is 2.23. The van der Waals surface area contributed by atoms with Gasteiger partial charge in [0.15, 0.2) is 0 Å². The molecule has 4 rings (SSSR count). The van der Waals surface area contributed by atoms with E-state index in [1.807, 2.05) is 26.0 Å². The third-order valence-corrected chi connectivity index (χ3v) is 5.75. The molecule has 0 aliphatic carbocycles. The van der Waals surface area contributed by atoms with Crippen LogP contribution in [0.4, 0.5) is 24.5 Å². The van der Waals surface area contributed by atoms with E-state index in [1.165, 1.54) is 30.3 Å². The maximum Gasteiger partial charge on any atom is 0.416 e. The van der Waals surface area contributed by atoms with E-state index in [0.717, 1.165) is 23.3 Å². The number of amides is 2. The Balaban J connectivity index is 1.50. The molecule has 0 bridgehead atoms. The Morgan fingerprint density at radius 2 is 1.64 bits per heavy atom. The van der Waals surface area contributed by atoms with Gasteiger partial charge in [0.1, 0.15) is 16.5 Å². The molecule has 1 N–H and O–H groups in total. The van der Waals surface area contributed by atoms with Crippen molar-refractivity contribution in [1.29, 1.82) is 0 Å². The number of imide groups is 1. The minimum absolute atomic E-state index is 0.237. The zero-order valence-electron chi connectivity index (χ0n) is 18.9. The number of benzene rings is 3. The standard InChI is InChI=1S/C26H18ClF3N2O4/c1-14-6-7-15(2)20(12-14)36-25(35)16-8-10-18(11-9-16)31-22-21(27)23(33)32(24(22)34)19-5-3-4-17(13-19)26(28,29)30/h3-13,31H,1-2H3. The number of rotatable bonds is 5. The fraction of sp³-hybridized carbons (Fsp3) is 0.115. The van der Waals surface area contributed by atoms with E-state index < -0.39 is 34.6 Å². The molecule has 3 aromatic rings. The van der Waals surface area contributed by atoms with E-state index >= 15 is 0 Å². The summed E-state index contributed by atoms with van der Waals surface area (Å²) >= 11 is 6.06. The molecular weight excluding hydrogens is 497 g/mol. The van der Waals surface area contributed by atoms with Gasteiger partial charge >= 0.3 is 12.1 Å². The molecule has 0 spiro atoms. The summed E-state index contributed by atoms with van der Waals surface area (Å²) < 4.78 is 44.7. The Bertz CT molecular complexity index is 1420. The lowest BCUT2D eigenvalue weighted by atomic mass is 10.1. The molecule has 1 aliphatic heterocycles. The number of hydrogen-bond donors (Lipinski definition) is 1. The summed E-state index contributed by atoms with van der Waals surface area (Å²) in [6.07, 6.45) is -4.65. The molecule has 0 fully saturated rings. The van der Waals surface area contributed by atoms with Gasteiger partial charge in [0.05, 0.1) is 16.8 Å². The van der Waals surface area contributed by atoms with Crippen LogP contribution in [0.15, 0.2) is 77.5 Å². The highest BCUT2D eigenvalue weighted by atomic mass is 35.5. The lowest BCUT2D eigenvalue weighted by Gasteiger charge is -2.17. The Morgan fingerprint density at radius 3 is 2.31 bits per heavy atom. The molecule has 0 radical (unpaired) electrons. The van der Waals surface area contributed by atoms with Gasteiger partial charge in [-0.05, 0) is 73.5 Å². The molecule has 10 heteroatoms. The highest BCUT2D eigenvalue weighted by Crippen LogP contribution is 2.35. The van der Waals surface area contributed by atoms with Gasteiger partial charge in [-0.2, -0.15) is 13.2 Å². The van der Waals surface area contributed by atoms with Crippen LogP contribution in [-0.2, 0) is 15.8 Å². The first kappa shape index (κ1) is 25.0. The lowest BCUT2D eigenvalue weighted by molar-refractivity contribution is -0.137. The van der Waals surface area contributed by atoms with Crippen LogP contribution in [0.2, 0.25) is 0 Å². The van der Waals surface area contributed by atoms with Crippen molar-refractivity contribution in [2.45, 2.75) is 20.0 Å². The van der Waals surface area contributed by atoms with Crippen molar-refractivity contribution in [1.82, 2.24) is 0 Å². The minimum atomic E-state index is -4.65. The first-order chi connectivity index (χ1) is 17.0. The number of anilines is 2. The number of halogens is 4. The van der Waals surface area contributed by atoms with Gasteiger partial charge in [0, 0.05) is 5.69 Å². The summed E-state index contributed by atoms with van der Waals surface area (Å²) in [6.45, 7) is 3.69. The van der Waals surface area contributed by atoms with Crippen LogP contribution in [0.25, 0.3) is 0 Å². The quantitative estimate of drug-likeness (QED) is 0.258. The molecule has 2 amide bonds. The van der Waals surface area contributed by atoms with Crippen LogP contribution < -0.4 is 15.0 Å². The largest absolute Gasteiger partial charge is 0.423 e. The summed E-state index contributed by atoms with van der Waals surface area (Å²) in [6, 6.07) is 15.2. The molecule has 36 heavy (non-hydrogen) atoms. The number of hydrogen-bond acceptors (Lipinski definition) is 5. The molecule has 1 aliphatic rings. The highest BCUT2D eigenvalue weighted by Gasteiger charge is 2.40. The molecule has 0 saturated heterocycles. The SMILES string of the molecule is Cc1ccc(C)c(OC(=O)c2ccc(NC3=C(Cl)C(=O)N(c4cccc(C(F)(F)F)c4)C3=O)cc2)c1. The van der Waals surface area contributed by atoms with Crippen molar-refractivity contribution in [2.75, 3.05) is 10.2 Å². The van der Waals surface area contributed by atoms with E-state index in [4.69, 9.17) is 16.3 Å². The Hall–Kier alpha value is -4.11. The molecule has 184 valence electrons. The monoisotopic (exact) mass is 514 g/mol. The zero-order valence-corrected chi connectivity index (χ0v) is 19.7. The van der Waals surface area contributed by atoms with Crippen LogP contribution >= 0.6 is 11.6 Å². The summed E-state index contributed by atoms with van der Waals surface area (Å²) in [5.41, 5.74) is 0.705. The Labute approximate surface area is 208 Å². The average Bonchev–Trinajstić information content (AvgIpc) is 3.04. The molecular formula is C26H18ClF3N2O4. The maximum atomic E-state index is 13.1. The maximum absolute atomic E-state index is 13.1. The zero-order chi connectivity index (χ0) is 26.2. The Kier molecular flexibility index (Phi) is 6.60. The molecule has 0 aromatic heterocycles. The van der Waals surface area contributed by atoms with Crippen molar-refractivity contribution in [3.8, 4) is 5.75 Å². The summed E-state index contributed by atoms with van der Waals surface area (Å²) in [7, 11) is 0. The number of carbonyl (C=O) groups is 3. The van der Waals surface area contributed by atoms with Crippen LogP contribution in [-0.4, -0.2) is 17.8 Å². The molecule has 0 atom stereocenters. The minimum Gasteiger partial charge on any atom is -0.423 e. The fourth-order valence-electron chi connectivity index (χ4n) is 3.48. The van der Waals surface area contributed by atoms with Crippen molar-refractivity contribution >= 4 is 40.8 Å². The van der Waals surface area contributed by atoms with Crippen LogP contribution in [0.5, 0.6) is 5.75 Å². The third-order valence-electron chi connectivity index (χ3n) is 5.40. The number of nitrogens with zero attached hydrogens (tertiary/aromatic N) is 1. The van der Waals surface area contributed by atoms with Crippen molar-refractivity contribution < 1.29 is 32.3 Å². The van der Waals surface area contributed by atoms with Crippen molar-refractivity contribution in [3.05, 3.63) is 99.7 Å². The second kappa shape index (κ2) is 9.50. The lowest BCUT2D eigenvalue weighted by Crippen LogP contribution is -2.32. The second-order valence-corrected chi connectivity index (χ2v) is 8.42. The molecule has 1 heterocycles. The van der Waals surface area contributed by atoms with Gasteiger partial charge in [0.2, 0.25) is 0 Å². The van der Waals surface area contributed by atoms with E-state index in [-0.39, 0.29) is 16.9 Å². The van der Waals surface area contributed by atoms with Gasteiger partial charge in [-0.25, -0.2) is 9.69 Å². The van der Waals surface area contributed by atoms with Gasteiger partial charge in [-0.15, -0.1) is 0 Å².